The van der Waals surface area contributed by atoms with E-state index in [1.807, 2.05) is 0 Å². The number of amides is 1. The molecule has 126 valence electrons. The largest absolute Gasteiger partial charge is 0.449 e. The number of anilines is 2. The fraction of sp³-hybridized carbons (Fsp3) is 0.133. The Kier molecular flexibility index (Phi) is 5.58. The average molecular weight is 372 g/mol. The van der Waals surface area contributed by atoms with Crippen LogP contribution < -0.4 is 11.1 Å². The lowest BCUT2D eigenvalue weighted by Gasteiger charge is -2.14. The first kappa shape index (κ1) is 18.0. The van der Waals surface area contributed by atoms with Crippen LogP contribution in [0.3, 0.4) is 0 Å². The fourth-order valence-electron chi connectivity index (χ4n) is 1.72. The summed E-state index contributed by atoms with van der Waals surface area (Å²) in [6.45, 7) is 1.36. The fourth-order valence-corrected chi connectivity index (χ4v) is 2.15. The summed E-state index contributed by atoms with van der Waals surface area (Å²) in [6.07, 6.45) is 0.148. The topological polar surface area (TPSA) is 94.3 Å². The predicted octanol–water partition coefficient (Wildman–Crippen LogP) is 3.29. The number of aromatic nitrogens is 1. The second-order valence-electron chi connectivity index (χ2n) is 4.75. The van der Waals surface area contributed by atoms with Crippen molar-refractivity contribution in [3.8, 4) is 0 Å². The number of halogens is 3. The summed E-state index contributed by atoms with van der Waals surface area (Å²) in [5.74, 6) is -2.01. The van der Waals surface area contributed by atoms with Crippen LogP contribution in [0, 0.1) is 5.82 Å². The lowest BCUT2D eigenvalue weighted by Crippen LogP contribution is -2.30. The molecule has 1 amide bonds. The Labute approximate surface area is 146 Å². The highest BCUT2D eigenvalue weighted by atomic mass is 35.5. The number of nitrogen functional groups attached to an aromatic ring is 1. The zero-order valence-corrected chi connectivity index (χ0v) is 13.9. The third-order valence-electron chi connectivity index (χ3n) is 2.94. The van der Waals surface area contributed by atoms with Crippen molar-refractivity contribution in [3.63, 3.8) is 0 Å². The van der Waals surface area contributed by atoms with Crippen molar-refractivity contribution in [1.82, 2.24) is 4.98 Å². The number of esters is 1. The van der Waals surface area contributed by atoms with E-state index in [4.69, 9.17) is 33.7 Å². The molecule has 1 heterocycles. The van der Waals surface area contributed by atoms with E-state index >= 15 is 0 Å². The van der Waals surface area contributed by atoms with Crippen molar-refractivity contribution in [3.05, 3.63) is 51.9 Å². The molecule has 0 bridgehead atoms. The summed E-state index contributed by atoms with van der Waals surface area (Å²) in [4.78, 5) is 27.9. The number of rotatable bonds is 4. The van der Waals surface area contributed by atoms with Crippen molar-refractivity contribution in [1.29, 1.82) is 0 Å². The molecule has 6 nitrogen and oxygen atoms in total. The Morgan fingerprint density at radius 2 is 2.04 bits per heavy atom. The average Bonchev–Trinajstić information content (AvgIpc) is 2.49. The van der Waals surface area contributed by atoms with Gasteiger partial charge in [-0.15, -0.1) is 0 Å². The summed E-state index contributed by atoms with van der Waals surface area (Å²) in [5, 5.41) is 2.85. The molecule has 1 aromatic carbocycles. The molecule has 0 radical (unpaired) electrons. The minimum absolute atomic E-state index is 0.0429. The number of pyridine rings is 1. The van der Waals surface area contributed by atoms with Gasteiger partial charge in [-0.1, -0.05) is 23.2 Å². The molecule has 2 aromatic rings. The molecule has 24 heavy (non-hydrogen) atoms. The monoisotopic (exact) mass is 371 g/mol. The molecule has 0 aliphatic rings. The summed E-state index contributed by atoms with van der Waals surface area (Å²) in [7, 11) is 0. The maximum Gasteiger partial charge on any atom is 0.341 e. The number of nitrogens with zero attached hydrogens (tertiary/aromatic N) is 1. The molecule has 0 aliphatic carbocycles. The molecule has 2 rings (SSSR count). The van der Waals surface area contributed by atoms with Crippen LogP contribution in [-0.2, 0) is 9.53 Å². The molecule has 0 saturated carbocycles. The minimum atomic E-state index is -1.16. The first-order chi connectivity index (χ1) is 11.3. The van der Waals surface area contributed by atoms with Crippen molar-refractivity contribution in [2.75, 3.05) is 11.1 Å². The van der Waals surface area contributed by atoms with Crippen LogP contribution in [0.15, 0.2) is 30.5 Å². The van der Waals surface area contributed by atoms with Gasteiger partial charge in [-0.3, -0.25) is 4.79 Å². The second kappa shape index (κ2) is 7.46. The maximum atomic E-state index is 13.0. The van der Waals surface area contributed by atoms with Gasteiger partial charge in [0.25, 0.3) is 5.91 Å². The normalized spacial score (nSPS) is 11.7. The van der Waals surface area contributed by atoms with Crippen molar-refractivity contribution in [2.24, 2.45) is 0 Å². The first-order valence-corrected chi connectivity index (χ1v) is 7.41. The molecule has 0 unspecified atom stereocenters. The molecule has 3 N–H and O–H groups in total. The van der Waals surface area contributed by atoms with Crippen molar-refractivity contribution in [2.45, 2.75) is 13.0 Å². The number of carbonyl (C=O) groups is 2. The Morgan fingerprint density at radius 1 is 1.33 bits per heavy atom. The highest BCUT2D eigenvalue weighted by Crippen LogP contribution is 2.23. The molecular weight excluding hydrogens is 360 g/mol. The van der Waals surface area contributed by atoms with Gasteiger partial charge in [0.1, 0.15) is 5.82 Å². The van der Waals surface area contributed by atoms with Gasteiger partial charge in [0, 0.05) is 11.9 Å². The Morgan fingerprint density at radius 3 is 2.67 bits per heavy atom. The highest BCUT2D eigenvalue weighted by Gasteiger charge is 2.21. The van der Waals surface area contributed by atoms with Gasteiger partial charge in [-0.05, 0) is 31.2 Å². The third kappa shape index (κ3) is 4.33. The summed E-state index contributed by atoms with van der Waals surface area (Å²) in [6, 6.07) is 4.63. The smallest absolute Gasteiger partial charge is 0.341 e. The number of hydrogen-bond acceptors (Lipinski definition) is 5. The van der Waals surface area contributed by atoms with Gasteiger partial charge in [0.05, 0.1) is 15.6 Å². The SMILES string of the molecule is C[C@H](OC(=O)c1ccc(F)cc1N)C(=O)Nc1ncc(Cl)cc1Cl. The van der Waals surface area contributed by atoms with Crippen LogP contribution in [0.4, 0.5) is 15.9 Å². The summed E-state index contributed by atoms with van der Waals surface area (Å²) >= 11 is 11.6. The van der Waals surface area contributed by atoms with Gasteiger partial charge in [0.2, 0.25) is 0 Å². The van der Waals surface area contributed by atoms with Crippen LogP contribution in [0.2, 0.25) is 10.0 Å². The minimum Gasteiger partial charge on any atom is -0.449 e. The van der Waals surface area contributed by atoms with Gasteiger partial charge in [0.15, 0.2) is 11.9 Å². The van der Waals surface area contributed by atoms with E-state index in [-0.39, 0.29) is 22.1 Å². The lowest BCUT2D eigenvalue weighted by atomic mass is 10.2. The van der Waals surface area contributed by atoms with E-state index in [9.17, 15) is 14.0 Å². The second-order valence-corrected chi connectivity index (χ2v) is 5.60. The predicted molar refractivity (Wildman–Crippen MR) is 88.6 cm³/mol. The standard InChI is InChI=1S/C15H12Cl2FN3O3/c1-7(14(22)21-13-11(17)4-8(16)6-20-13)24-15(23)10-3-2-9(18)5-12(10)19/h2-7H,19H2,1H3,(H,20,21,22)/t7-/m0/s1. The number of nitrogens with one attached hydrogen (secondary N) is 1. The quantitative estimate of drug-likeness (QED) is 0.635. The first-order valence-electron chi connectivity index (χ1n) is 6.66. The maximum absolute atomic E-state index is 13.0. The van der Waals surface area contributed by atoms with Crippen LogP contribution in [-0.4, -0.2) is 23.0 Å². The summed E-state index contributed by atoms with van der Waals surface area (Å²) < 4.78 is 18.0. The number of nitrogens with two attached hydrogens (primary N) is 1. The van der Waals surface area contributed by atoms with Gasteiger partial charge in [-0.2, -0.15) is 0 Å². The van der Waals surface area contributed by atoms with E-state index in [2.05, 4.69) is 10.3 Å². The van der Waals surface area contributed by atoms with Crippen molar-refractivity contribution >= 4 is 46.6 Å². The van der Waals surface area contributed by atoms with E-state index < -0.39 is 23.8 Å². The molecule has 0 spiro atoms. The van der Waals surface area contributed by atoms with Gasteiger partial charge in [-0.25, -0.2) is 14.2 Å². The molecule has 0 saturated heterocycles. The van der Waals surface area contributed by atoms with E-state index in [1.165, 1.54) is 25.3 Å². The lowest BCUT2D eigenvalue weighted by molar-refractivity contribution is -0.123. The third-order valence-corrected chi connectivity index (χ3v) is 3.43. The highest BCUT2D eigenvalue weighted by molar-refractivity contribution is 6.36. The number of carbonyl (C=O) groups excluding carboxylic acids is 2. The van der Waals surface area contributed by atoms with Gasteiger partial charge < -0.3 is 15.8 Å². The Balaban J connectivity index is 2.04. The van der Waals surface area contributed by atoms with Crippen molar-refractivity contribution < 1.29 is 18.7 Å². The molecule has 1 atom stereocenters. The molecular formula is C15H12Cl2FN3O3. The van der Waals surface area contributed by atoms with Crippen LogP contribution in [0.5, 0.6) is 0 Å². The zero-order chi connectivity index (χ0) is 17.9. The molecule has 0 aliphatic heterocycles. The van der Waals surface area contributed by atoms with Crippen LogP contribution >= 0.6 is 23.2 Å². The van der Waals surface area contributed by atoms with Crippen LogP contribution in [0.1, 0.15) is 17.3 Å². The Bertz CT molecular complexity index is 802. The van der Waals surface area contributed by atoms with E-state index in [0.717, 1.165) is 12.1 Å². The Hall–Kier alpha value is -2.38. The molecule has 0 fully saturated rings. The number of benzene rings is 1. The zero-order valence-electron chi connectivity index (χ0n) is 12.3. The molecule has 9 heteroatoms. The van der Waals surface area contributed by atoms with E-state index in [0.29, 0.717) is 5.02 Å². The van der Waals surface area contributed by atoms with Gasteiger partial charge >= 0.3 is 5.97 Å². The number of hydrogen-bond donors (Lipinski definition) is 2. The molecule has 1 aromatic heterocycles. The van der Waals surface area contributed by atoms with E-state index in [1.54, 1.807) is 0 Å². The summed E-state index contributed by atoms with van der Waals surface area (Å²) in [5.41, 5.74) is 5.42. The van der Waals surface area contributed by atoms with Crippen LogP contribution in [0.25, 0.3) is 0 Å². The number of ether oxygens (including phenoxy) is 1.